The van der Waals surface area contributed by atoms with Gasteiger partial charge in [0.1, 0.15) is 5.54 Å². The molecule has 7 fully saturated rings. The number of carbonyl (C=O) groups is 3. The van der Waals surface area contributed by atoms with Crippen molar-refractivity contribution in [1.82, 2.24) is 29.7 Å². The Labute approximate surface area is 323 Å². The zero-order valence-electron chi connectivity index (χ0n) is 31.0. The maximum Gasteiger partial charge on any atom is 0.434 e. The first-order valence-electron chi connectivity index (χ1n) is 19.8. The first-order chi connectivity index (χ1) is 26.9. The summed E-state index contributed by atoms with van der Waals surface area (Å²) >= 11 is 0. The number of carboxylic acids is 1. The van der Waals surface area contributed by atoms with Crippen LogP contribution in [0.3, 0.4) is 0 Å². The molecule has 4 bridgehead atoms. The molecule has 2 amide bonds. The highest BCUT2D eigenvalue weighted by Crippen LogP contribution is 2.58. The quantitative estimate of drug-likeness (QED) is 0.239. The number of nitrogens with zero attached hydrogens (tertiary/aromatic N) is 5. The number of benzene rings is 1. The Morgan fingerprint density at radius 3 is 2.05 bits per heavy atom. The number of carbonyl (C=O) groups excluding carboxylic acids is 2. The molecule has 2 N–H and O–H groups in total. The Balaban J connectivity index is 1.03. The van der Waals surface area contributed by atoms with Gasteiger partial charge in [-0.3, -0.25) is 14.5 Å². The standard InChI is InChI=1S/C40H43F7N6O4/c41-37(42)7-3-27(4-8-37)53-18-30(28-2-1-23(16-31(28)53)35(55)51-9-5-26(6-10-51)52-19-38(43,44)20-52)33-48-17-29(32(49-33)40(45,46)47)34(54)50-39(36(56)57)24-12-21-11-22(14-24)15-25(39)13-21/h1-2,16-18,21-22,24-27H,3-15,19-20H2,(H,50,54)(H,56,57). The number of amides is 2. The normalized spacial score (nSPS) is 30.1. The third kappa shape index (κ3) is 6.64. The molecule has 10 rings (SSSR count). The molecular weight excluding hydrogens is 761 g/mol. The summed E-state index contributed by atoms with van der Waals surface area (Å²) in [6.45, 7) is 0.0898. The minimum atomic E-state index is -5.14. The van der Waals surface area contributed by atoms with Gasteiger partial charge in [-0.15, -0.1) is 0 Å². The lowest BCUT2D eigenvalue weighted by atomic mass is 9.48. The van der Waals surface area contributed by atoms with Crippen LogP contribution in [0.25, 0.3) is 22.3 Å². The molecule has 0 radical (unpaired) electrons. The van der Waals surface area contributed by atoms with Crippen molar-refractivity contribution in [3.63, 3.8) is 0 Å². The molecule has 4 heterocycles. The van der Waals surface area contributed by atoms with Crippen molar-refractivity contribution < 1.29 is 50.2 Å². The molecule has 2 aromatic heterocycles. The van der Waals surface area contributed by atoms with Gasteiger partial charge in [-0.2, -0.15) is 13.2 Å². The number of nitrogens with one attached hydrogen (secondary N) is 1. The maximum absolute atomic E-state index is 14.8. The van der Waals surface area contributed by atoms with Gasteiger partial charge in [0.15, 0.2) is 11.5 Å². The fraction of sp³-hybridized carbons (Fsp3) is 0.625. The minimum absolute atomic E-state index is 0.0601. The SMILES string of the molecule is O=C(NC1(C(=O)O)C2CC3CC(C2)CC1C3)c1cnc(-c2cn(C3CCC(F)(F)CC3)c3cc(C(=O)N4CCC(N5CC(F)(F)C5)CC4)ccc23)nc1C(F)(F)F. The van der Waals surface area contributed by atoms with Crippen LogP contribution in [0, 0.1) is 23.7 Å². The zero-order valence-corrected chi connectivity index (χ0v) is 31.0. The fourth-order valence-corrected chi connectivity index (χ4v) is 11.3. The topological polar surface area (TPSA) is 121 Å². The second-order valence-corrected chi connectivity index (χ2v) is 17.4. The Bertz CT molecular complexity index is 2080. The van der Waals surface area contributed by atoms with E-state index in [0.29, 0.717) is 74.4 Å². The molecule has 7 aliphatic rings. The van der Waals surface area contributed by atoms with Gasteiger partial charge in [0.05, 0.1) is 18.7 Å². The van der Waals surface area contributed by atoms with Crippen molar-refractivity contribution in [3.8, 4) is 11.4 Å². The third-order valence-corrected chi connectivity index (χ3v) is 13.9. The van der Waals surface area contributed by atoms with E-state index >= 15 is 0 Å². The highest BCUT2D eigenvalue weighted by Gasteiger charge is 2.62. The van der Waals surface area contributed by atoms with Crippen molar-refractivity contribution in [2.24, 2.45) is 23.7 Å². The molecule has 2 saturated heterocycles. The van der Waals surface area contributed by atoms with Crippen LogP contribution in [0.2, 0.25) is 0 Å². The number of carboxylic acid groups (broad SMARTS) is 1. The van der Waals surface area contributed by atoms with E-state index in [0.717, 1.165) is 12.6 Å². The Kier molecular flexibility index (Phi) is 8.98. The second-order valence-electron chi connectivity index (χ2n) is 17.4. The van der Waals surface area contributed by atoms with Crippen molar-refractivity contribution in [1.29, 1.82) is 0 Å². The number of aromatic nitrogens is 3. The number of piperidine rings is 1. The highest BCUT2D eigenvalue weighted by molar-refractivity contribution is 6.02. The van der Waals surface area contributed by atoms with Gasteiger partial charge in [-0.1, -0.05) is 6.07 Å². The van der Waals surface area contributed by atoms with Gasteiger partial charge in [0.2, 0.25) is 5.92 Å². The Morgan fingerprint density at radius 2 is 1.47 bits per heavy atom. The number of likely N-dealkylation sites (tertiary alicyclic amines) is 2. The average molecular weight is 805 g/mol. The molecule has 0 atom stereocenters. The molecular formula is C40H43F7N6O4. The molecule has 17 heteroatoms. The molecule has 306 valence electrons. The molecule has 10 nitrogen and oxygen atoms in total. The van der Waals surface area contributed by atoms with Gasteiger partial charge in [-0.25, -0.2) is 32.3 Å². The van der Waals surface area contributed by atoms with E-state index in [1.807, 2.05) is 0 Å². The molecule has 2 aliphatic heterocycles. The fourth-order valence-electron chi connectivity index (χ4n) is 11.3. The first-order valence-corrected chi connectivity index (χ1v) is 19.8. The number of fused-ring (bicyclic) bond motifs is 1. The number of hydrogen-bond donors (Lipinski definition) is 2. The summed E-state index contributed by atoms with van der Waals surface area (Å²) in [5, 5.41) is 13.4. The van der Waals surface area contributed by atoms with Gasteiger partial charge in [-0.05, 0) is 93.6 Å². The van der Waals surface area contributed by atoms with Gasteiger partial charge >= 0.3 is 12.1 Å². The smallest absolute Gasteiger partial charge is 0.434 e. The largest absolute Gasteiger partial charge is 0.479 e. The van der Waals surface area contributed by atoms with E-state index in [2.05, 4.69) is 15.3 Å². The van der Waals surface area contributed by atoms with Crippen LogP contribution >= 0.6 is 0 Å². The Hall–Kier alpha value is -4.28. The van der Waals surface area contributed by atoms with Crippen LogP contribution in [0.5, 0.6) is 0 Å². The lowest BCUT2D eigenvalue weighted by Gasteiger charge is -2.59. The van der Waals surface area contributed by atoms with E-state index in [-0.39, 0.29) is 54.8 Å². The van der Waals surface area contributed by atoms with Crippen molar-refractivity contribution in [2.75, 3.05) is 26.2 Å². The van der Waals surface area contributed by atoms with E-state index in [9.17, 15) is 50.2 Å². The summed E-state index contributed by atoms with van der Waals surface area (Å²) in [7, 11) is 0. The van der Waals surface area contributed by atoms with Crippen molar-refractivity contribution in [2.45, 2.75) is 106 Å². The van der Waals surface area contributed by atoms with Crippen LogP contribution in [-0.4, -0.2) is 96.8 Å². The summed E-state index contributed by atoms with van der Waals surface area (Å²) in [5.74, 6) is -8.88. The van der Waals surface area contributed by atoms with Crippen LogP contribution in [-0.2, 0) is 11.0 Å². The number of hydrogen-bond acceptors (Lipinski definition) is 6. The van der Waals surface area contributed by atoms with Crippen molar-refractivity contribution in [3.05, 3.63) is 47.4 Å². The van der Waals surface area contributed by atoms with Crippen LogP contribution in [0.4, 0.5) is 30.7 Å². The van der Waals surface area contributed by atoms with Gasteiger partial charge in [0, 0.05) is 72.4 Å². The lowest BCUT2D eigenvalue weighted by Crippen LogP contribution is -2.70. The highest BCUT2D eigenvalue weighted by atomic mass is 19.4. The number of aliphatic carboxylic acids is 1. The summed E-state index contributed by atoms with van der Waals surface area (Å²) in [6.07, 6.45) is 0.834. The second kappa shape index (κ2) is 13.4. The van der Waals surface area contributed by atoms with E-state index in [4.69, 9.17) is 0 Å². The van der Waals surface area contributed by atoms with Crippen LogP contribution in [0.1, 0.15) is 103 Å². The van der Waals surface area contributed by atoms with E-state index in [1.54, 1.807) is 26.5 Å². The Morgan fingerprint density at radius 1 is 0.842 bits per heavy atom. The minimum Gasteiger partial charge on any atom is -0.479 e. The van der Waals surface area contributed by atoms with E-state index < -0.39 is 77.4 Å². The summed E-state index contributed by atoms with van der Waals surface area (Å²) < 4.78 is 102. The predicted octanol–water partition coefficient (Wildman–Crippen LogP) is 7.43. The van der Waals surface area contributed by atoms with Crippen molar-refractivity contribution >= 4 is 28.7 Å². The molecule has 1 aromatic carbocycles. The number of rotatable bonds is 7. The van der Waals surface area contributed by atoms with Crippen LogP contribution in [0.15, 0.2) is 30.6 Å². The number of alkyl halides is 7. The van der Waals surface area contributed by atoms with Gasteiger partial charge < -0.3 is 19.9 Å². The molecule has 0 spiro atoms. The predicted molar refractivity (Wildman–Crippen MR) is 191 cm³/mol. The average Bonchev–Trinajstić information content (AvgIpc) is 3.53. The summed E-state index contributed by atoms with van der Waals surface area (Å²) in [4.78, 5) is 51.9. The first kappa shape index (κ1) is 38.2. The zero-order chi connectivity index (χ0) is 40.2. The third-order valence-electron chi connectivity index (χ3n) is 13.9. The maximum atomic E-state index is 14.8. The van der Waals surface area contributed by atoms with E-state index in [1.165, 1.54) is 12.3 Å². The monoisotopic (exact) mass is 804 g/mol. The molecule has 57 heavy (non-hydrogen) atoms. The molecule has 5 aliphatic carbocycles. The summed E-state index contributed by atoms with van der Waals surface area (Å²) in [6, 6.07) is 4.13. The number of halogens is 7. The van der Waals surface area contributed by atoms with Crippen LogP contribution < -0.4 is 5.32 Å². The van der Waals surface area contributed by atoms with Gasteiger partial charge in [0.25, 0.3) is 17.7 Å². The summed E-state index contributed by atoms with van der Waals surface area (Å²) in [5.41, 5.74) is -3.33. The molecule has 5 saturated carbocycles. The molecule has 0 unspecified atom stereocenters. The lowest BCUT2D eigenvalue weighted by molar-refractivity contribution is -0.163. The molecule has 3 aromatic rings.